The molecule has 1 amide bonds. The van der Waals surface area contributed by atoms with Crippen molar-refractivity contribution in [1.82, 2.24) is 14.6 Å². The van der Waals surface area contributed by atoms with Crippen molar-refractivity contribution in [2.45, 2.75) is 78.2 Å². The normalized spacial score (nSPS) is 18.6. The Morgan fingerprint density at radius 3 is 2.36 bits per heavy atom. The number of nitrogens with one attached hydrogen (secondary N) is 1. The van der Waals surface area contributed by atoms with E-state index in [0.717, 1.165) is 0 Å². The Hall–Kier alpha value is -3.45. The predicted molar refractivity (Wildman–Crippen MR) is 159 cm³/mol. The average molecular weight is 639 g/mol. The number of imidazole rings is 1. The minimum absolute atomic E-state index is 0.109. The number of carbonyl (C=O) groups is 3. The van der Waals surface area contributed by atoms with Crippen LogP contribution < -0.4 is 15.3 Å². The highest BCUT2D eigenvalue weighted by Crippen LogP contribution is 2.46. The number of nitrogens with zero attached hydrogens (tertiary/aromatic N) is 2. The summed E-state index contributed by atoms with van der Waals surface area (Å²) in [5.74, 6) is -2.01. The van der Waals surface area contributed by atoms with E-state index in [1.54, 1.807) is 30.3 Å². The molecule has 2 unspecified atom stereocenters. The number of nitrogens with two attached hydrogens (primary N) is 1. The second-order valence-electron chi connectivity index (χ2n) is 11.3. The molecule has 1 aliphatic rings. The lowest BCUT2D eigenvalue weighted by Crippen LogP contribution is -2.40. The summed E-state index contributed by atoms with van der Waals surface area (Å²) in [6.45, 7) is 7.99. The van der Waals surface area contributed by atoms with Crippen LogP contribution >= 0.6 is 7.75 Å². The third-order valence-electron chi connectivity index (χ3n) is 6.66. The maximum Gasteiger partial charge on any atom is 0.459 e. The molecule has 1 saturated heterocycles. The topological polar surface area (TPSA) is 191 Å². The molecule has 4 N–H and O–H groups in total. The number of hydrogen-bond acceptors (Lipinski definition) is 11. The molecule has 0 spiro atoms. The van der Waals surface area contributed by atoms with E-state index in [1.807, 2.05) is 27.7 Å². The quantitative estimate of drug-likeness (QED) is 0.157. The van der Waals surface area contributed by atoms with E-state index in [2.05, 4.69) is 10.1 Å². The van der Waals surface area contributed by atoms with Crippen molar-refractivity contribution >= 4 is 25.6 Å². The van der Waals surface area contributed by atoms with E-state index in [4.69, 9.17) is 29.0 Å². The Morgan fingerprint density at radius 2 is 1.75 bits per heavy atom. The van der Waals surface area contributed by atoms with E-state index >= 15 is 0 Å². The molecule has 15 heteroatoms. The highest BCUT2D eigenvalue weighted by Gasteiger charge is 2.38. The molecule has 0 aliphatic carbocycles. The summed E-state index contributed by atoms with van der Waals surface area (Å²) in [7, 11) is -4.33. The Balaban J connectivity index is 1.74. The molecule has 44 heavy (non-hydrogen) atoms. The zero-order chi connectivity index (χ0) is 32.3. The van der Waals surface area contributed by atoms with Crippen LogP contribution in [0.4, 0.5) is 0 Å². The molecule has 3 rings (SSSR count). The number of aromatic nitrogens is 2. The highest BCUT2D eigenvalue weighted by molar-refractivity contribution is 7.52. The van der Waals surface area contributed by atoms with Crippen LogP contribution in [0, 0.1) is 11.8 Å². The van der Waals surface area contributed by atoms with Gasteiger partial charge in [0.05, 0.1) is 32.3 Å². The van der Waals surface area contributed by atoms with Crippen LogP contribution in [0.3, 0.4) is 0 Å². The number of amides is 1. The molecule has 244 valence electrons. The summed E-state index contributed by atoms with van der Waals surface area (Å²) in [5.41, 5.74) is 4.95. The Labute approximate surface area is 257 Å². The Bertz CT molecular complexity index is 1290. The van der Waals surface area contributed by atoms with Gasteiger partial charge in [-0.2, -0.15) is 5.09 Å². The number of hydrogen-bond donors (Lipinski definition) is 3. The number of rotatable bonds is 18. The summed E-state index contributed by atoms with van der Waals surface area (Å²) < 4.78 is 43.5. The lowest BCUT2D eigenvalue weighted by Gasteiger charge is -2.25. The predicted octanol–water partition coefficient (Wildman–Crippen LogP) is 4.10. The van der Waals surface area contributed by atoms with Crippen LogP contribution in [0.1, 0.15) is 76.5 Å². The zero-order valence-corrected chi connectivity index (χ0v) is 26.4. The van der Waals surface area contributed by atoms with Gasteiger partial charge in [-0.1, -0.05) is 45.9 Å². The van der Waals surface area contributed by atoms with Gasteiger partial charge in [-0.15, -0.1) is 0 Å². The number of esters is 2. The molecular formula is C29H43N4O10P. The molecule has 2 aromatic rings. The van der Waals surface area contributed by atoms with Crippen molar-refractivity contribution in [3.05, 3.63) is 42.4 Å². The first kappa shape index (κ1) is 35.0. The van der Waals surface area contributed by atoms with Gasteiger partial charge in [0, 0.05) is 0 Å². The summed E-state index contributed by atoms with van der Waals surface area (Å²) >= 11 is 0. The molecule has 1 aliphatic heterocycles. The third kappa shape index (κ3) is 10.9. The third-order valence-corrected chi connectivity index (χ3v) is 8.23. The number of benzene rings is 1. The first-order valence-electron chi connectivity index (χ1n) is 14.7. The monoisotopic (exact) mass is 638 g/mol. The van der Waals surface area contributed by atoms with Crippen LogP contribution in [0.25, 0.3) is 0 Å². The van der Waals surface area contributed by atoms with E-state index in [-0.39, 0.29) is 37.2 Å². The largest absolute Gasteiger partial charge is 0.493 e. The summed E-state index contributed by atoms with van der Waals surface area (Å²) in [5, 5.41) is 12.9. The van der Waals surface area contributed by atoms with Crippen molar-refractivity contribution < 1.29 is 47.3 Å². The molecule has 14 nitrogen and oxygen atoms in total. The number of para-hydroxylation sites is 1. The fourth-order valence-electron chi connectivity index (χ4n) is 4.15. The van der Waals surface area contributed by atoms with Crippen LogP contribution in [-0.2, 0) is 32.9 Å². The number of aromatic hydroxyl groups is 1. The van der Waals surface area contributed by atoms with Gasteiger partial charge in [-0.3, -0.25) is 23.5 Å². The fourth-order valence-corrected chi connectivity index (χ4v) is 5.67. The SMILES string of the molecule is CC(C)CCOC(=O)CC(NP(=O)(OC[C@@H]1CC[C@H](n2cnc(C(N)=O)c2O)O1)Oc1ccccc1)C(=O)OCCC(C)C. The molecule has 4 atom stereocenters. The van der Waals surface area contributed by atoms with Crippen LogP contribution in [-0.4, -0.2) is 64.5 Å². The van der Waals surface area contributed by atoms with Crippen LogP contribution in [0.2, 0.25) is 0 Å². The number of ether oxygens (including phenoxy) is 3. The number of carbonyl (C=O) groups excluding carboxylic acids is 3. The van der Waals surface area contributed by atoms with Gasteiger partial charge in [-0.25, -0.2) is 9.55 Å². The van der Waals surface area contributed by atoms with Crippen molar-refractivity contribution in [1.29, 1.82) is 0 Å². The van der Waals surface area contributed by atoms with E-state index < -0.39 is 56.3 Å². The van der Waals surface area contributed by atoms with Gasteiger partial charge in [0.25, 0.3) is 5.91 Å². The second-order valence-corrected chi connectivity index (χ2v) is 13.0. The average Bonchev–Trinajstić information content (AvgIpc) is 3.58. The molecule has 0 radical (unpaired) electrons. The molecule has 1 aromatic heterocycles. The number of primary amides is 1. The molecule has 2 heterocycles. The summed E-state index contributed by atoms with van der Waals surface area (Å²) in [6.07, 6.45) is 1.58. The first-order valence-corrected chi connectivity index (χ1v) is 16.2. The molecule has 1 fully saturated rings. The van der Waals surface area contributed by atoms with Crippen molar-refractivity contribution in [2.24, 2.45) is 17.6 Å². The van der Waals surface area contributed by atoms with Gasteiger partial charge >= 0.3 is 19.7 Å². The minimum atomic E-state index is -4.33. The van der Waals surface area contributed by atoms with Crippen molar-refractivity contribution in [3.63, 3.8) is 0 Å². The van der Waals surface area contributed by atoms with Crippen molar-refractivity contribution in [3.8, 4) is 11.6 Å². The van der Waals surface area contributed by atoms with Gasteiger partial charge in [0.15, 0.2) is 5.69 Å². The van der Waals surface area contributed by atoms with E-state index in [1.165, 1.54) is 10.9 Å². The maximum absolute atomic E-state index is 14.1. The summed E-state index contributed by atoms with van der Waals surface area (Å²) in [6, 6.07) is 6.83. The molecular weight excluding hydrogens is 595 g/mol. The lowest BCUT2D eigenvalue weighted by molar-refractivity contribution is -0.152. The van der Waals surface area contributed by atoms with Crippen molar-refractivity contribution in [2.75, 3.05) is 19.8 Å². The zero-order valence-electron chi connectivity index (χ0n) is 25.5. The Kier molecular flexibility index (Phi) is 13.2. The van der Waals surface area contributed by atoms with Crippen LogP contribution in [0.5, 0.6) is 11.6 Å². The van der Waals surface area contributed by atoms with Crippen LogP contribution in [0.15, 0.2) is 36.7 Å². The smallest absolute Gasteiger partial charge is 0.459 e. The first-order chi connectivity index (χ1) is 20.9. The molecule has 1 aromatic carbocycles. The summed E-state index contributed by atoms with van der Waals surface area (Å²) in [4.78, 5) is 41.0. The minimum Gasteiger partial charge on any atom is -0.493 e. The fraction of sp³-hybridized carbons (Fsp3) is 0.586. The maximum atomic E-state index is 14.1. The lowest BCUT2D eigenvalue weighted by atomic mass is 10.1. The van der Waals surface area contributed by atoms with Gasteiger partial charge in [-0.05, 0) is 49.7 Å². The highest BCUT2D eigenvalue weighted by atomic mass is 31.2. The van der Waals surface area contributed by atoms with E-state index in [9.17, 15) is 24.1 Å². The molecule has 0 bridgehead atoms. The van der Waals surface area contributed by atoms with Gasteiger partial charge in [0.1, 0.15) is 24.3 Å². The Morgan fingerprint density at radius 1 is 1.09 bits per heavy atom. The van der Waals surface area contributed by atoms with E-state index in [0.29, 0.717) is 31.6 Å². The van der Waals surface area contributed by atoms with Gasteiger partial charge in [0.2, 0.25) is 5.88 Å². The van der Waals surface area contributed by atoms with Gasteiger partial charge < -0.3 is 29.6 Å². The second kappa shape index (κ2) is 16.6. The molecule has 0 saturated carbocycles. The standard InChI is InChI=1S/C29H43N4O10P/c1-19(2)12-14-39-25(34)16-23(29(37)40-15-13-20(3)4)32-44(38,43-21-8-6-5-7-9-21)41-17-22-10-11-24(42-22)33-18-31-26(27(30)35)28(33)36/h5-9,18-20,22-24,36H,10-17H2,1-4H3,(H2,30,35)(H,32,38)/t22-,23?,24+,44?/m0/s1.